The predicted octanol–water partition coefficient (Wildman–Crippen LogP) is 9.56. The van der Waals surface area contributed by atoms with Crippen LogP contribution in [0.25, 0.3) is 24.3 Å². The normalized spacial score (nSPS) is 11.3. The van der Waals surface area contributed by atoms with Gasteiger partial charge in [0.15, 0.2) is 0 Å². The molecule has 0 fully saturated rings. The van der Waals surface area contributed by atoms with Crippen molar-refractivity contribution in [1.29, 1.82) is 0 Å². The average molecular weight is 456 g/mol. The third kappa shape index (κ3) is 5.43. The SMILES string of the molecule is C(=C\c1cccc(N(c2ccccc2)c2ccccc2)c1)/c1ccc(/C=C/c2cccs2)cc1. The van der Waals surface area contributed by atoms with E-state index >= 15 is 0 Å². The van der Waals surface area contributed by atoms with Crippen LogP contribution in [0, 0.1) is 0 Å². The second-order valence-corrected chi connectivity index (χ2v) is 8.93. The lowest BCUT2D eigenvalue weighted by atomic mass is 10.1. The minimum atomic E-state index is 1.13. The quantitative estimate of drug-likeness (QED) is 0.221. The van der Waals surface area contributed by atoms with Crippen LogP contribution in [-0.4, -0.2) is 0 Å². The number of benzene rings is 4. The Bertz CT molecular complexity index is 1330. The molecule has 164 valence electrons. The number of nitrogens with zero attached hydrogens (tertiary/aromatic N) is 1. The molecule has 0 bridgehead atoms. The summed E-state index contributed by atoms with van der Waals surface area (Å²) < 4.78 is 0. The van der Waals surface area contributed by atoms with Crippen LogP contribution in [0.1, 0.15) is 21.6 Å². The van der Waals surface area contributed by atoms with E-state index in [1.165, 1.54) is 16.0 Å². The molecule has 5 rings (SSSR count). The molecular formula is C32H25NS. The van der Waals surface area contributed by atoms with Crippen LogP contribution in [-0.2, 0) is 0 Å². The summed E-state index contributed by atoms with van der Waals surface area (Å²) in [6.45, 7) is 0. The van der Waals surface area contributed by atoms with Gasteiger partial charge in [-0.05, 0) is 70.6 Å². The minimum absolute atomic E-state index is 1.13. The third-order valence-electron chi connectivity index (χ3n) is 5.55. The van der Waals surface area contributed by atoms with E-state index in [1.807, 2.05) is 0 Å². The van der Waals surface area contributed by atoms with Gasteiger partial charge in [-0.2, -0.15) is 0 Å². The first-order valence-electron chi connectivity index (χ1n) is 11.4. The Morgan fingerprint density at radius 2 is 1.00 bits per heavy atom. The highest BCUT2D eigenvalue weighted by atomic mass is 32.1. The number of thiophene rings is 1. The molecule has 1 aromatic heterocycles. The summed E-state index contributed by atoms with van der Waals surface area (Å²) in [5.41, 5.74) is 6.96. The van der Waals surface area contributed by atoms with Crippen molar-refractivity contribution in [3.05, 3.63) is 148 Å². The molecule has 0 saturated heterocycles. The lowest BCUT2D eigenvalue weighted by molar-refractivity contribution is 1.28. The maximum Gasteiger partial charge on any atom is 0.0467 e. The van der Waals surface area contributed by atoms with Gasteiger partial charge in [-0.25, -0.2) is 0 Å². The van der Waals surface area contributed by atoms with Crippen LogP contribution in [0.15, 0.2) is 127 Å². The lowest BCUT2D eigenvalue weighted by Gasteiger charge is -2.25. The Kier molecular flexibility index (Phi) is 6.80. The van der Waals surface area contributed by atoms with E-state index < -0.39 is 0 Å². The first-order valence-corrected chi connectivity index (χ1v) is 12.2. The van der Waals surface area contributed by atoms with Crippen LogP contribution in [0.4, 0.5) is 17.1 Å². The molecular weight excluding hydrogens is 430 g/mol. The van der Waals surface area contributed by atoms with Gasteiger partial charge in [0.05, 0.1) is 0 Å². The second-order valence-electron chi connectivity index (χ2n) is 7.95. The fourth-order valence-corrected chi connectivity index (χ4v) is 4.46. The molecule has 0 atom stereocenters. The molecule has 0 aliphatic carbocycles. The van der Waals surface area contributed by atoms with Gasteiger partial charge in [0.1, 0.15) is 0 Å². The Morgan fingerprint density at radius 3 is 1.59 bits per heavy atom. The smallest absolute Gasteiger partial charge is 0.0467 e. The van der Waals surface area contributed by atoms with E-state index in [2.05, 4.69) is 156 Å². The zero-order valence-corrected chi connectivity index (χ0v) is 19.6. The Morgan fingerprint density at radius 1 is 0.441 bits per heavy atom. The number of hydrogen-bond acceptors (Lipinski definition) is 2. The van der Waals surface area contributed by atoms with Crippen molar-refractivity contribution in [3.8, 4) is 0 Å². The molecule has 0 saturated carbocycles. The Balaban J connectivity index is 1.37. The van der Waals surface area contributed by atoms with Crippen LogP contribution in [0.2, 0.25) is 0 Å². The summed E-state index contributed by atoms with van der Waals surface area (Å²) in [6, 6.07) is 42.5. The monoisotopic (exact) mass is 455 g/mol. The average Bonchev–Trinajstić information content (AvgIpc) is 3.43. The van der Waals surface area contributed by atoms with Crippen molar-refractivity contribution >= 4 is 52.7 Å². The van der Waals surface area contributed by atoms with Crippen LogP contribution in [0.3, 0.4) is 0 Å². The standard InChI is InChI=1S/C32H25NS/c1-3-10-29(11-4-1)33(30-12-5-2-6-13-30)31-14-7-9-28(25-31)21-20-26-16-18-27(19-17-26)22-23-32-15-8-24-34-32/h1-25H/b21-20+,23-22+. The van der Waals surface area contributed by atoms with E-state index in [1.54, 1.807) is 11.3 Å². The van der Waals surface area contributed by atoms with Crippen LogP contribution in [0.5, 0.6) is 0 Å². The van der Waals surface area contributed by atoms with Crippen molar-refractivity contribution in [3.63, 3.8) is 0 Å². The number of anilines is 3. The number of hydrogen-bond donors (Lipinski definition) is 0. The summed E-state index contributed by atoms with van der Waals surface area (Å²) in [6.07, 6.45) is 8.66. The summed E-state index contributed by atoms with van der Waals surface area (Å²) in [5, 5.41) is 2.10. The molecule has 0 aliphatic heterocycles. The van der Waals surface area contributed by atoms with Crippen LogP contribution < -0.4 is 4.90 Å². The van der Waals surface area contributed by atoms with Crippen molar-refractivity contribution in [2.75, 3.05) is 4.90 Å². The Hall–Kier alpha value is -4.14. The van der Waals surface area contributed by atoms with E-state index in [0.29, 0.717) is 0 Å². The molecule has 0 unspecified atom stereocenters. The van der Waals surface area contributed by atoms with Crippen molar-refractivity contribution < 1.29 is 0 Å². The molecule has 0 aliphatic rings. The van der Waals surface area contributed by atoms with Gasteiger partial charge >= 0.3 is 0 Å². The van der Waals surface area contributed by atoms with Crippen molar-refractivity contribution in [1.82, 2.24) is 0 Å². The largest absolute Gasteiger partial charge is 0.310 e. The van der Waals surface area contributed by atoms with Crippen molar-refractivity contribution in [2.45, 2.75) is 0 Å². The molecule has 2 heteroatoms. The second kappa shape index (κ2) is 10.7. The highest BCUT2D eigenvalue weighted by molar-refractivity contribution is 7.10. The number of rotatable bonds is 7. The van der Waals surface area contributed by atoms with E-state index in [9.17, 15) is 0 Å². The van der Waals surface area contributed by atoms with Crippen molar-refractivity contribution in [2.24, 2.45) is 0 Å². The predicted molar refractivity (Wildman–Crippen MR) is 150 cm³/mol. The van der Waals surface area contributed by atoms with Gasteiger partial charge in [-0.1, -0.05) is 97.1 Å². The highest BCUT2D eigenvalue weighted by Crippen LogP contribution is 2.34. The minimum Gasteiger partial charge on any atom is -0.310 e. The van der Waals surface area contributed by atoms with E-state index in [0.717, 1.165) is 22.6 Å². The Labute approximate surface area is 205 Å². The summed E-state index contributed by atoms with van der Waals surface area (Å²) >= 11 is 1.75. The molecule has 4 aromatic carbocycles. The van der Waals surface area contributed by atoms with Crippen LogP contribution >= 0.6 is 11.3 Å². The molecule has 0 radical (unpaired) electrons. The maximum atomic E-state index is 2.28. The topological polar surface area (TPSA) is 3.24 Å². The molecule has 1 nitrogen and oxygen atoms in total. The van der Waals surface area contributed by atoms with Gasteiger partial charge in [0, 0.05) is 21.9 Å². The van der Waals surface area contributed by atoms with E-state index in [4.69, 9.17) is 0 Å². The lowest BCUT2D eigenvalue weighted by Crippen LogP contribution is -2.09. The number of para-hydroxylation sites is 2. The van der Waals surface area contributed by atoms with Gasteiger partial charge in [-0.3, -0.25) is 0 Å². The van der Waals surface area contributed by atoms with E-state index in [-0.39, 0.29) is 0 Å². The zero-order chi connectivity index (χ0) is 23.0. The summed E-state index contributed by atoms with van der Waals surface area (Å²) in [7, 11) is 0. The molecule has 5 aromatic rings. The molecule has 0 spiro atoms. The third-order valence-corrected chi connectivity index (χ3v) is 6.38. The highest BCUT2D eigenvalue weighted by Gasteiger charge is 2.11. The zero-order valence-electron chi connectivity index (χ0n) is 18.8. The van der Waals surface area contributed by atoms with Gasteiger partial charge in [0.2, 0.25) is 0 Å². The first kappa shape index (κ1) is 21.7. The first-order chi connectivity index (χ1) is 16.8. The molecule has 1 heterocycles. The molecule has 34 heavy (non-hydrogen) atoms. The van der Waals surface area contributed by atoms with Gasteiger partial charge in [0.25, 0.3) is 0 Å². The van der Waals surface area contributed by atoms with Gasteiger partial charge in [-0.15, -0.1) is 11.3 Å². The fraction of sp³-hybridized carbons (Fsp3) is 0. The van der Waals surface area contributed by atoms with Gasteiger partial charge < -0.3 is 4.90 Å². The maximum absolute atomic E-state index is 2.28. The molecule has 0 amide bonds. The summed E-state index contributed by atoms with van der Waals surface area (Å²) in [5.74, 6) is 0. The molecule has 0 N–H and O–H groups in total. The summed E-state index contributed by atoms with van der Waals surface area (Å²) in [4.78, 5) is 3.55. The fourth-order valence-electron chi connectivity index (χ4n) is 3.84.